The molecule has 0 radical (unpaired) electrons. The highest BCUT2D eigenvalue weighted by molar-refractivity contribution is 7.99. The third-order valence-corrected chi connectivity index (χ3v) is 15.1. The van der Waals surface area contributed by atoms with E-state index in [1.807, 2.05) is 0 Å². The lowest BCUT2D eigenvalue weighted by Crippen LogP contribution is -2.72. The van der Waals surface area contributed by atoms with Crippen molar-refractivity contribution < 1.29 is 96.9 Å². The average Bonchev–Trinajstić information content (AvgIpc) is 3.30. The topological polar surface area (TPSA) is 9.23 Å². The van der Waals surface area contributed by atoms with E-state index in [4.69, 9.17) is 11.2 Å². The molecule has 0 atom stereocenters. The van der Waals surface area contributed by atoms with Crippen molar-refractivity contribution in [3.8, 4) is 12.3 Å². The standard InChI is InChI=1S/C44H19BF21OP/c1-2-15-67-18-22(68(20-9-5-3-6-10-20,21-11-7-4-8-12-21)24-16-19(43(61,62)63)13-14-23(24)44(64,65)66)17-45(25-28(46)34(52)40(58)35(53)29(25)47,26-30(48)36(54)41(59)37(55)31(26)49)27-32(50)38(56)42(60)39(57)33(27)51/h1,3-14,16-17H,15,18H2/b22-17+. The Balaban J connectivity index is 2.17. The van der Waals surface area contributed by atoms with Crippen LogP contribution in [0.25, 0.3) is 0 Å². The predicted molar refractivity (Wildman–Crippen MR) is 206 cm³/mol. The van der Waals surface area contributed by atoms with Gasteiger partial charge in [-0.15, -0.1) is 22.8 Å². The zero-order chi connectivity index (χ0) is 50.6. The van der Waals surface area contributed by atoms with Gasteiger partial charge < -0.3 is 4.74 Å². The van der Waals surface area contributed by atoms with Crippen molar-refractivity contribution >= 4 is 45.7 Å². The molecule has 0 N–H and O–H groups in total. The molecule has 0 saturated heterocycles. The average molecular weight is 1000 g/mol. The maximum absolute atomic E-state index is 16.7. The summed E-state index contributed by atoms with van der Waals surface area (Å²) in [6.07, 6.45) is -12.9. The third kappa shape index (κ3) is 8.14. The number of ether oxygens (including phenoxy) is 1. The zero-order valence-electron chi connectivity index (χ0n) is 32.9. The van der Waals surface area contributed by atoms with Crippen LogP contribution in [0.4, 0.5) is 92.2 Å². The fourth-order valence-electron chi connectivity index (χ4n) is 7.95. The molecule has 356 valence electrons. The molecule has 0 fully saturated rings. The summed E-state index contributed by atoms with van der Waals surface area (Å²) < 4.78 is 334. The highest BCUT2D eigenvalue weighted by atomic mass is 31.2. The minimum absolute atomic E-state index is 0.109. The Labute approximate surface area is 368 Å². The molecule has 6 aromatic carbocycles. The van der Waals surface area contributed by atoms with Gasteiger partial charge in [-0.05, 0) is 42.5 Å². The first-order valence-electron chi connectivity index (χ1n) is 18.5. The second kappa shape index (κ2) is 18.6. The van der Waals surface area contributed by atoms with E-state index in [-0.39, 0.29) is 18.2 Å². The van der Waals surface area contributed by atoms with E-state index in [2.05, 4.69) is 0 Å². The van der Waals surface area contributed by atoms with Crippen molar-refractivity contribution in [1.29, 1.82) is 0 Å². The van der Waals surface area contributed by atoms with Crippen molar-refractivity contribution in [3.63, 3.8) is 0 Å². The third-order valence-electron chi connectivity index (χ3n) is 10.7. The predicted octanol–water partition coefficient (Wildman–Crippen LogP) is 10.3. The van der Waals surface area contributed by atoms with Gasteiger partial charge in [0.1, 0.15) is 77.4 Å². The van der Waals surface area contributed by atoms with E-state index in [1.165, 1.54) is 0 Å². The maximum Gasteiger partial charge on any atom is 0.420 e. The Morgan fingerprint density at radius 3 is 1.13 bits per heavy atom. The quantitative estimate of drug-likeness (QED) is 0.0239. The van der Waals surface area contributed by atoms with Gasteiger partial charge in [0.15, 0.2) is 52.4 Å². The SMILES string of the molecule is C#CCOC/C(=C\[B-](c1c(F)c(F)c(F)c(F)c1F)(c1c(F)c(F)c(F)c(F)c1F)c1c(F)c(F)c(F)c(F)c1F)[P+](c1ccccc1)(c1ccccc1)c1cc(C(F)(F)F)ccc1C(F)(F)F. The van der Waals surface area contributed by atoms with Gasteiger partial charge in [0, 0.05) is 0 Å². The van der Waals surface area contributed by atoms with Gasteiger partial charge in [-0.2, -0.15) is 32.3 Å². The van der Waals surface area contributed by atoms with Crippen molar-refractivity contribution in [2.24, 2.45) is 0 Å². The molecule has 0 aliphatic carbocycles. The second-order valence-electron chi connectivity index (χ2n) is 14.3. The highest BCUT2D eigenvalue weighted by Crippen LogP contribution is 2.64. The van der Waals surface area contributed by atoms with Crippen LogP contribution in [0.15, 0.2) is 90.2 Å². The molecule has 24 heteroatoms. The molecule has 0 aliphatic heterocycles. The molecule has 0 aromatic heterocycles. The van der Waals surface area contributed by atoms with Crippen LogP contribution in [0.5, 0.6) is 0 Å². The van der Waals surface area contributed by atoms with Gasteiger partial charge in [-0.3, -0.25) is 0 Å². The molecule has 68 heavy (non-hydrogen) atoms. The smallest absolute Gasteiger partial charge is 0.361 e. The largest absolute Gasteiger partial charge is 0.420 e. The molecule has 6 rings (SSSR count). The highest BCUT2D eigenvalue weighted by Gasteiger charge is 2.57. The monoisotopic (exact) mass is 1000 g/mol. The summed E-state index contributed by atoms with van der Waals surface area (Å²) in [5.74, 6) is -49.6. The summed E-state index contributed by atoms with van der Waals surface area (Å²) in [5.41, 5.74) is -13.6. The normalized spacial score (nSPS) is 12.7. The summed E-state index contributed by atoms with van der Waals surface area (Å²) in [6.45, 7) is -2.96. The van der Waals surface area contributed by atoms with E-state index in [1.54, 1.807) is 5.92 Å². The number of hydrogen-bond acceptors (Lipinski definition) is 1. The van der Waals surface area contributed by atoms with Crippen molar-refractivity contribution in [3.05, 3.63) is 189 Å². The molecular weight excluding hydrogens is 985 g/mol. The Morgan fingerprint density at radius 2 is 0.824 bits per heavy atom. The Kier molecular flexibility index (Phi) is 13.9. The van der Waals surface area contributed by atoms with E-state index < -0.39 is 181 Å². The van der Waals surface area contributed by atoms with Crippen LogP contribution in [0.2, 0.25) is 0 Å². The van der Waals surface area contributed by atoms with Gasteiger partial charge in [0.05, 0.1) is 16.4 Å². The van der Waals surface area contributed by atoms with E-state index >= 15 is 65.9 Å². The zero-order valence-corrected chi connectivity index (χ0v) is 33.8. The Hall–Kier alpha value is -6.40. The summed E-state index contributed by atoms with van der Waals surface area (Å²) in [4.78, 5) is 0. The van der Waals surface area contributed by atoms with Crippen LogP contribution in [0.3, 0.4) is 0 Å². The number of benzene rings is 6. The van der Waals surface area contributed by atoms with Crippen molar-refractivity contribution in [2.75, 3.05) is 13.2 Å². The first kappa shape index (κ1) is 51.0. The Bertz CT molecular complexity index is 2740. The molecule has 6 aromatic rings. The molecule has 1 nitrogen and oxygen atoms in total. The first-order chi connectivity index (χ1) is 31.7. The summed E-state index contributed by atoms with van der Waals surface area (Å²) in [7, 11) is -5.64. The summed E-state index contributed by atoms with van der Waals surface area (Å²) in [6, 6.07) is 8.83. The van der Waals surface area contributed by atoms with Crippen LogP contribution >= 0.6 is 7.26 Å². The lowest BCUT2D eigenvalue weighted by Gasteiger charge is -2.43. The van der Waals surface area contributed by atoms with Gasteiger partial charge in [0.25, 0.3) is 0 Å². The van der Waals surface area contributed by atoms with E-state index in [0.29, 0.717) is 0 Å². The molecular formula is C44H19BF21OP. The molecule has 0 amide bonds. The van der Waals surface area contributed by atoms with Crippen LogP contribution in [-0.4, -0.2) is 19.4 Å². The van der Waals surface area contributed by atoms with Gasteiger partial charge >= 0.3 is 12.4 Å². The van der Waals surface area contributed by atoms with Gasteiger partial charge in [-0.1, -0.05) is 42.3 Å². The number of terminal acetylenes is 1. The van der Waals surface area contributed by atoms with Crippen molar-refractivity contribution in [1.82, 2.24) is 0 Å². The summed E-state index contributed by atoms with van der Waals surface area (Å²) in [5, 5.41) is -4.73. The second-order valence-corrected chi connectivity index (χ2v) is 17.7. The van der Waals surface area contributed by atoms with Gasteiger partial charge in [0.2, 0.25) is 0 Å². The first-order valence-corrected chi connectivity index (χ1v) is 20.3. The Morgan fingerprint density at radius 1 is 0.485 bits per heavy atom. The molecule has 0 saturated carbocycles. The molecule has 0 aliphatic rings. The van der Waals surface area contributed by atoms with E-state index in [0.717, 1.165) is 60.7 Å². The number of rotatable bonds is 11. The molecule has 0 unspecified atom stereocenters. The van der Waals surface area contributed by atoms with Gasteiger partial charge in [-0.25, -0.2) is 65.9 Å². The lowest BCUT2D eigenvalue weighted by atomic mass is 9.15. The van der Waals surface area contributed by atoms with Crippen LogP contribution in [-0.2, 0) is 17.1 Å². The van der Waals surface area contributed by atoms with E-state index in [9.17, 15) is 26.3 Å². The van der Waals surface area contributed by atoms with Crippen LogP contribution in [0, 0.1) is 99.6 Å². The number of hydrogen-bond donors (Lipinski definition) is 0. The number of halogens is 21. The summed E-state index contributed by atoms with van der Waals surface area (Å²) >= 11 is 0. The van der Waals surface area contributed by atoms with Crippen LogP contribution in [0.1, 0.15) is 11.1 Å². The fraction of sp³-hybridized carbons (Fsp3) is 0.0909. The lowest BCUT2D eigenvalue weighted by molar-refractivity contribution is -0.140. The fourth-order valence-corrected chi connectivity index (χ4v) is 12.6. The molecule has 0 spiro atoms. The minimum atomic E-state index is -6.69. The molecule has 0 bridgehead atoms. The number of alkyl halides is 6. The van der Waals surface area contributed by atoms with Crippen molar-refractivity contribution in [2.45, 2.75) is 12.4 Å². The maximum atomic E-state index is 16.7. The minimum Gasteiger partial charge on any atom is -0.361 e. The molecule has 0 heterocycles. The van der Waals surface area contributed by atoms with Crippen LogP contribution < -0.4 is 32.3 Å².